The van der Waals surface area contributed by atoms with Gasteiger partial charge in [0.25, 0.3) is 0 Å². The topological polar surface area (TPSA) is 34.1 Å². The molecular formula is C17H22N2O. The summed E-state index contributed by atoms with van der Waals surface area (Å²) in [4.78, 5) is 4.80. The number of pyridine rings is 1. The summed E-state index contributed by atoms with van der Waals surface area (Å²) >= 11 is 0. The number of rotatable bonds is 4. The van der Waals surface area contributed by atoms with Crippen molar-refractivity contribution in [2.24, 2.45) is 5.92 Å². The summed E-state index contributed by atoms with van der Waals surface area (Å²) in [7, 11) is 0. The van der Waals surface area contributed by atoms with Crippen molar-refractivity contribution in [3.8, 4) is 0 Å². The van der Waals surface area contributed by atoms with Crippen LogP contribution in [0.15, 0.2) is 36.4 Å². The number of aromatic nitrogens is 1. The smallest absolute Gasteiger partial charge is 0.103 e. The Morgan fingerprint density at radius 2 is 2.15 bits per heavy atom. The van der Waals surface area contributed by atoms with Gasteiger partial charge in [-0.15, -0.1) is 0 Å². The minimum Gasteiger partial charge on any atom is -0.372 e. The third-order valence-electron chi connectivity index (χ3n) is 4.01. The fourth-order valence-electron chi connectivity index (χ4n) is 2.95. The molecule has 1 aliphatic rings. The monoisotopic (exact) mass is 270 g/mol. The van der Waals surface area contributed by atoms with Crippen LogP contribution >= 0.6 is 0 Å². The Labute approximate surface area is 120 Å². The van der Waals surface area contributed by atoms with E-state index < -0.39 is 0 Å². The second-order valence-electron chi connectivity index (χ2n) is 5.43. The van der Waals surface area contributed by atoms with E-state index >= 15 is 0 Å². The molecule has 2 aromatic rings. The lowest BCUT2D eigenvalue weighted by Gasteiger charge is -2.31. The molecule has 106 valence electrons. The van der Waals surface area contributed by atoms with Gasteiger partial charge in [0, 0.05) is 24.5 Å². The van der Waals surface area contributed by atoms with E-state index in [9.17, 15) is 0 Å². The summed E-state index contributed by atoms with van der Waals surface area (Å²) in [5.74, 6) is 0.525. The van der Waals surface area contributed by atoms with E-state index in [1.807, 2.05) is 6.07 Å². The summed E-state index contributed by atoms with van der Waals surface area (Å²) in [6.45, 7) is 5.01. The largest absolute Gasteiger partial charge is 0.372 e. The molecule has 0 spiro atoms. The summed E-state index contributed by atoms with van der Waals surface area (Å²) in [5.41, 5.74) is 2.13. The van der Waals surface area contributed by atoms with Crippen LogP contribution < -0.4 is 5.32 Å². The zero-order valence-corrected chi connectivity index (χ0v) is 12.0. The maximum atomic E-state index is 6.02. The first-order chi connectivity index (χ1) is 9.88. The van der Waals surface area contributed by atoms with Crippen LogP contribution in [0, 0.1) is 5.92 Å². The van der Waals surface area contributed by atoms with Gasteiger partial charge in [0.15, 0.2) is 0 Å². The molecule has 1 aliphatic heterocycles. The van der Waals surface area contributed by atoms with Gasteiger partial charge in [-0.2, -0.15) is 0 Å². The van der Waals surface area contributed by atoms with Gasteiger partial charge in [0.1, 0.15) is 6.10 Å². The van der Waals surface area contributed by atoms with Gasteiger partial charge in [-0.1, -0.05) is 31.2 Å². The Bertz CT molecular complexity index is 570. The molecule has 0 bridgehead atoms. The number of hydrogen-bond acceptors (Lipinski definition) is 3. The molecule has 3 heteroatoms. The lowest BCUT2D eigenvalue weighted by molar-refractivity contribution is -0.0299. The Kier molecular flexibility index (Phi) is 4.28. The van der Waals surface area contributed by atoms with Crippen molar-refractivity contribution in [2.45, 2.75) is 25.9 Å². The average Bonchev–Trinajstić information content (AvgIpc) is 2.53. The quantitative estimate of drug-likeness (QED) is 0.925. The van der Waals surface area contributed by atoms with Crippen molar-refractivity contribution < 1.29 is 4.74 Å². The number of benzene rings is 1. The van der Waals surface area contributed by atoms with Gasteiger partial charge < -0.3 is 10.1 Å². The molecule has 2 unspecified atom stereocenters. The lowest BCUT2D eigenvalue weighted by atomic mass is 9.91. The van der Waals surface area contributed by atoms with Gasteiger partial charge in [-0.05, 0) is 31.5 Å². The van der Waals surface area contributed by atoms with Gasteiger partial charge in [-0.25, -0.2) is 0 Å². The van der Waals surface area contributed by atoms with E-state index in [-0.39, 0.29) is 6.10 Å². The van der Waals surface area contributed by atoms with Crippen LogP contribution in [0.2, 0.25) is 0 Å². The summed E-state index contributed by atoms with van der Waals surface area (Å²) in [6.07, 6.45) is 2.50. The number of fused-ring (bicyclic) bond motifs is 1. The molecule has 1 N–H and O–H groups in total. The number of nitrogens with zero attached hydrogens (tertiary/aromatic N) is 1. The molecule has 20 heavy (non-hydrogen) atoms. The van der Waals surface area contributed by atoms with Crippen molar-refractivity contribution >= 4 is 10.9 Å². The fraction of sp³-hybridized carbons (Fsp3) is 0.471. The molecule has 1 saturated heterocycles. The highest BCUT2D eigenvalue weighted by atomic mass is 16.5. The zero-order chi connectivity index (χ0) is 13.8. The Morgan fingerprint density at radius 3 is 3.05 bits per heavy atom. The van der Waals surface area contributed by atoms with Crippen LogP contribution in [-0.4, -0.2) is 24.7 Å². The second kappa shape index (κ2) is 6.33. The number of ether oxygens (including phenoxy) is 1. The SMILES string of the molecule is CCNCC1CCCOC1c1ccc2ccccc2n1. The van der Waals surface area contributed by atoms with E-state index in [1.54, 1.807) is 0 Å². The third kappa shape index (κ3) is 2.84. The number of nitrogens with one attached hydrogen (secondary N) is 1. The van der Waals surface area contributed by atoms with Gasteiger partial charge in [0.2, 0.25) is 0 Å². The van der Waals surface area contributed by atoms with E-state index in [2.05, 4.69) is 42.6 Å². The highest BCUT2D eigenvalue weighted by Gasteiger charge is 2.28. The van der Waals surface area contributed by atoms with Crippen molar-refractivity contribution in [3.05, 3.63) is 42.1 Å². The molecule has 1 aromatic carbocycles. The Balaban J connectivity index is 1.86. The van der Waals surface area contributed by atoms with E-state index in [0.29, 0.717) is 5.92 Å². The van der Waals surface area contributed by atoms with E-state index in [1.165, 1.54) is 11.8 Å². The normalized spacial score (nSPS) is 23.1. The maximum absolute atomic E-state index is 6.02. The summed E-state index contributed by atoms with van der Waals surface area (Å²) in [6, 6.07) is 12.5. The predicted octanol–water partition coefficient (Wildman–Crippen LogP) is 3.31. The van der Waals surface area contributed by atoms with Crippen LogP contribution in [0.1, 0.15) is 31.6 Å². The molecular weight excluding hydrogens is 248 g/mol. The highest BCUT2D eigenvalue weighted by Crippen LogP contribution is 2.33. The molecule has 2 atom stereocenters. The van der Waals surface area contributed by atoms with Gasteiger partial charge >= 0.3 is 0 Å². The van der Waals surface area contributed by atoms with Crippen molar-refractivity contribution in [1.82, 2.24) is 10.3 Å². The summed E-state index contributed by atoms with van der Waals surface area (Å²) < 4.78 is 6.02. The molecule has 3 rings (SSSR count). The predicted molar refractivity (Wildman–Crippen MR) is 81.7 cm³/mol. The number of hydrogen-bond donors (Lipinski definition) is 1. The maximum Gasteiger partial charge on any atom is 0.103 e. The van der Waals surface area contributed by atoms with Crippen molar-refractivity contribution in [2.75, 3.05) is 19.7 Å². The van der Waals surface area contributed by atoms with E-state index in [0.717, 1.165) is 37.3 Å². The van der Waals surface area contributed by atoms with Crippen LogP contribution in [0.4, 0.5) is 0 Å². The van der Waals surface area contributed by atoms with Gasteiger partial charge in [0.05, 0.1) is 11.2 Å². The van der Waals surface area contributed by atoms with Crippen LogP contribution in [0.3, 0.4) is 0 Å². The lowest BCUT2D eigenvalue weighted by Crippen LogP contribution is -2.32. The molecule has 1 aromatic heterocycles. The first kappa shape index (κ1) is 13.5. The molecule has 0 aliphatic carbocycles. The minimum atomic E-state index is 0.132. The summed E-state index contributed by atoms with van der Waals surface area (Å²) in [5, 5.41) is 4.64. The average molecular weight is 270 g/mol. The Morgan fingerprint density at radius 1 is 1.25 bits per heavy atom. The van der Waals surface area contributed by atoms with Gasteiger partial charge in [-0.3, -0.25) is 4.98 Å². The first-order valence-corrected chi connectivity index (χ1v) is 7.56. The first-order valence-electron chi connectivity index (χ1n) is 7.56. The minimum absolute atomic E-state index is 0.132. The molecule has 1 fully saturated rings. The molecule has 0 radical (unpaired) electrons. The molecule has 3 nitrogen and oxygen atoms in total. The Hall–Kier alpha value is -1.45. The van der Waals surface area contributed by atoms with E-state index in [4.69, 9.17) is 9.72 Å². The second-order valence-corrected chi connectivity index (χ2v) is 5.43. The van der Waals surface area contributed by atoms with Crippen LogP contribution in [0.5, 0.6) is 0 Å². The number of para-hydroxylation sites is 1. The van der Waals surface area contributed by atoms with Crippen LogP contribution in [0.25, 0.3) is 10.9 Å². The standard InChI is InChI=1S/C17H22N2O/c1-2-18-12-14-7-5-11-20-17(14)16-10-9-13-6-3-4-8-15(13)19-16/h3-4,6,8-10,14,17-18H,2,5,7,11-12H2,1H3. The zero-order valence-electron chi connectivity index (χ0n) is 12.0. The molecule has 0 amide bonds. The molecule has 2 heterocycles. The van der Waals surface area contributed by atoms with Crippen molar-refractivity contribution in [1.29, 1.82) is 0 Å². The van der Waals surface area contributed by atoms with Crippen LogP contribution in [-0.2, 0) is 4.74 Å². The fourth-order valence-corrected chi connectivity index (χ4v) is 2.95. The third-order valence-corrected chi connectivity index (χ3v) is 4.01. The van der Waals surface area contributed by atoms with Crippen molar-refractivity contribution in [3.63, 3.8) is 0 Å². The molecule has 0 saturated carbocycles. The highest BCUT2D eigenvalue weighted by molar-refractivity contribution is 5.78.